The van der Waals surface area contributed by atoms with E-state index in [9.17, 15) is 9.59 Å². The first-order valence-electron chi connectivity index (χ1n) is 7.42. The Balaban J connectivity index is 1.83. The van der Waals surface area contributed by atoms with E-state index in [0.717, 1.165) is 35.4 Å². The maximum atomic E-state index is 12.4. The predicted molar refractivity (Wildman–Crippen MR) is 87.3 cm³/mol. The number of carbonyl (C=O) groups excluding carboxylic acids is 1. The Morgan fingerprint density at radius 3 is 3.09 bits per heavy atom. The van der Waals surface area contributed by atoms with Gasteiger partial charge in [-0.3, -0.25) is 14.7 Å². The molecule has 8 heteroatoms. The first-order chi connectivity index (χ1) is 11.2. The lowest BCUT2D eigenvalue weighted by Crippen LogP contribution is -2.25. The van der Waals surface area contributed by atoms with E-state index in [1.54, 1.807) is 11.1 Å². The summed E-state index contributed by atoms with van der Waals surface area (Å²) in [6.07, 6.45) is 4.33. The third kappa shape index (κ3) is 2.26. The minimum Gasteiger partial charge on any atom is -0.335 e. The molecule has 1 amide bonds. The second-order valence-corrected chi connectivity index (χ2v) is 6.74. The number of amides is 1. The van der Waals surface area contributed by atoms with E-state index in [1.165, 1.54) is 11.3 Å². The van der Waals surface area contributed by atoms with Crippen LogP contribution in [0.5, 0.6) is 0 Å². The standard InChI is InChI=1S/C15H15N5O2S/c1-8-9(6-16-19-8)12-5-10-13(23-12)15(22)18-14(17-10)11-3-2-4-20(11)7-21/h5-7,11H,2-4H2,1H3,(H,16,19)(H,17,18,22). The maximum Gasteiger partial charge on any atom is 0.268 e. The molecule has 0 bridgehead atoms. The number of H-pyrrole nitrogens is 2. The fraction of sp³-hybridized carbons (Fsp3) is 0.333. The summed E-state index contributed by atoms with van der Waals surface area (Å²) in [4.78, 5) is 33.6. The van der Waals surface area contributed by atoms with Gasteiger partial charge in [-0.1, -0.05) is 0 Å². The highest BCUT2D eigenvalue weighted by Gasteiger charge is 2.27. The number of rotatable bonds is 3. The van der Waals surface area contributed by atoms with Gasteiger partial charge in [0.1, 0.15) is 10.5 Å². The number of aryl methyl sites for hydroxylation is 1. The van der Waals surface area contributed by atoms with Gasteiger partial charge in [-0.25, -0.2) is 4.98 Å². The van der Waals surface area contributed by atoms with E-state index in [4.69, 9.17) is 0 Å². The van der Waals surface area contributed by atoms with Crippen LogP contribution in [0.3, 0.4) is 0 Å². The zero-order valence-electron chi connectivity index (χ0n) is 12.5. The van der Waals surface area contributed by atoms with Gasteiger partial charge in [0, 0.05) is 22.7 Å². The Morgan fingerprint density at radius 2 is 2.35 bits per heavy atom. The van der Waals surface area contributed by atoms with Crippen molar-refractivity contribution in [3.63, 3.8) is 0 Å². The molecule has 0 radical (unpaired) electrons. The SMILES string of the molecule is Cc1[nH]ncc1-c1cc2nc(C3CCCN3C=O)[nH]c(=O)c2s1. The molecular weight excluding hydrogens is 314 g/mol. The molecule has 7 nitrogen and oxygen atoms in total. The number of carbonyl (C=O) groups is 1. The Kier molecular flexibility index (Phi) is 3.26. The van der Waals surface area contributed by atoms with Crippen molar-refractivity contribution in [2.75, 3.05) is 6.54 Å². The average molecular weight is 329 g/mol. The largest absolute Gasteiger partial charge is 0.335 e. The molecular formula is C15H15N5O2S. The van der Waals surface area contributed by atoms with Gasteiger partial charge in [0.15, 0.2) is 0 Å². The van der Waals surface area contributed by atoms with Gasteiger partial charge < -0.3 is 9.88 Å². The summed E-state index contributed by atoms with van der Waals surface area (Å²) in [5.41, 5.74) is 2.45. The Labute approximate surface area is 135 Å². The van der Waals surface area contributed by atoms with Crippen molar-refractivity contribution in [2.45, 2.75) is 25.8 Å². The number of nitrogens with one attached hydrogen (secondary N) is 2. The highest BCUT2D eigenvalue weighted by Crippen LogP contribution is 2.33. The molecule has 1 unspecified atom stereocenters. The van der Waals surface area contributed by atoms with Crippen molar-refractivity contribution < 1.29 is 4.79 Å². The molecule has 1 saturated heterocycles. The third-order valence-corrected chi connectivity index (χ3v) is 5.40. The van der Waals surface area contributed by atoms with E-state index >= 15 is 0 Å². The van der Waals surface area contributed by atoms with Crippen molar-refractivity contribution in [1.82, 2.24) is 25.1 Å². The number of thiophene rings is 1. The number of likely N-dealkylation sites (tertiary alicyclic amines) is 1. The van der Waals surface area contributed by atoms with Crippen LogP contribution >= 0.6 is 11.3 Å². The van der Waals surface area contributed by atoms with Crippen LogP contribution in [0, 0.1) is 6.92 Å². The minimum atomic E-state index is -0.153. The number of nitrogens with zero attached hydrogens (tertiary/aromatic N) is 3. The summed E-state index contributed by atoms with van der Waals surface area (Å²) in [5, 5.41) is 6.92. The van der Waals surface area contributed by atoms with Crippen molar-refractivity contribution in [3.05, 3.63) is 34.1 Å². The molecule has 118 valence electrons. The molecule has 0 spiro atoms. The third-order valence-electron chi connectivity index (χ3n) is 4.24. The molecule has 1 atom stereocenters. The summed E-state index contributed by atoms with van der Waals surface area (Å²) in [6, 6.07) is 1.78. The molecule has 1 aliphatic rings. The van der Waals surface area contributed by atoms with Crippen LogP contribution in [0.25, 0.3) is 20.7 Å². The van der Waals surface area contributed by atoms with Crippen molar-refractivity contribution in [2.24, 2.45) is 0 Å². The highest BCUT2D eigenvalue weighted by atomic mass is 32.1. The van der Waals surface area contributed by atoms with Crippen LogP contribution < -0.4 is 5.56 Å². The summed E-state index contributed by atoms with van der Waals surface area (Å²) < 4.78 is 0.597. The van der Waals surface area contributed by atoms with E-state index in [0.29, 0.717) is 22.6 Å². The topological polar surface area (TPSA) is 94.7 Å². The molecule has 1 aliphatic heterocycles. The second kappa shape index (κ2) is 5.31. The van der Waals surface area contributed by atoms with Crippen LogP contribution in [0.2, 0.25) is 0 Å². The zero-order chi connectivity index (χ0) is 16.0. The molecule has 0 saturated carbocycles. The van der Waals surface area contributed by atoms with Gasteiger partial charge in [0.2, 0.25) is 6.41 Å². The van der Waals surface area contributed by atoms with E-state index in [-0.39, 0.29) is 11.6 Å². The normalized spacial score (nSPS) is 18.0. The van der Waals surface area contributed by atoms with Gasteiger partial charge in [-0.15, -0.1) is 11.3 Å². The number of aromatic amines is 2. The van der Waals surface area contributed by atoms with Crippen LogP contribution in [0.15, 0.2) is 17.1 Å². The molecule has 4 heterocycles. The smallest absolute Gasteiger partial charge is 0.268 e. The fourth-order valence-electron chi connectivity index (χ4n) is 3.06. The monoisotopic (exact) mass is 329 g/mol. The number of aromatic nitrogens is 4. The van der Waals surface area contributed by atoms with Crippen molar-refractivity contribution in [3.8, 4) is 10.4 Å². The zero-order valence-corrected chi connectivity index (χ0v) is 13.3. The van der Waals surface area contributed by atoms with Gasteiger partial charge in [0.05, 0.1) is 17.8 Å². The van der Waals surface area contributed by atoms with Crippen LogP contribution in [0.4, 0.5) is 0 Å². The van der Waals surface area contributed by atoms with Crippen LogP contribution in [-0.2, 0) is 4.79 Å². The van der Waals surface area contributed by atoms with Gasteiger partial charge in [0.25, 0.3) is 5.56 Å². The number of fused-ring (bicyclic) bond motifs is 1. The lowest BCUT2D eigenvalue weighted by molar-refractivity contribution is -0.119. The molecule has 4 rings (SSSR count). The summed E-state index contributed by atoms with van der Waals surface area (Å²) in [6.45, 7) is 2.65. The average Bonchev–Trinajstić information content (AvgIpc) is 3.24. The predicted octanol–water partition coefficient (Wildman–Crippen LogP) is 1.98. The molecule has 0 aliphatic carbocycles. The quantitative estimate of drug-likeness (QED) is 0.718. The highest BCUT2D eigenvalue weighted by molar-refractivity contribution is 7.22. The van der Waals surface area contributed by atoms with E-state index in [1.807, 2.05) is 13.0 Å². The molecule has 2 N–H and O–H groups in total. The fourth-order valence-corrected chi connectivity index (χ4v) is 4.12. The van der Waals surface area contributed by atoms with Gasteiger partial charge in [-0.05, 0) is 25.8 Å². The summed E-state index contributed by atoms with van der Waals surface area (Å²) >= 11 is 1.40. The summed E-state index contributed by atoms with van der Waals surface area (Å²) in [7, 11) is 0. The van der Waals surface area contributed by atoms with E-state index < -0.39 is 0 Å². The number of hydrogen-bond acceptors (Lipinski definition) is 5. The molecule has 23 heavy (non-hydrogen) atoms. The van der Waals surface area contributed by atoms with Crippen molar-refractivity contribution in [1.29, 1.82) is 0 Å². The van der Waals surface area contributed by atoms with Gasteiger partial charge >= 0.3 is 0 Å². The molecule has 1 fully saturated rings. The molecule has 3 aromatic heterocycles. The molecule has 3 aromatic rings. The minimum absolute atomic E-state index is 0.136. The Hall–Kier alpha value is -2.48. The van der Waals surface area contributed by atoms with Crippen LogP contribution in [0.1, 0.15) is 30.4 Å². The Bertz CT molecular complexity index is 941. The number of hydrogen-bond donors (Lipinski definition) is 2. The lowest BCUT2D eigenvalue weighted by Gasteiger charge is -2.18. The Morgan fingerprint density at radius 1 is 1.48 bits per heavy atom. The maximum absolute atomic E-state index is 12.4. The lowest BCUT2D eigenvalue weighted by atomic mass is 10.2. The van der Waals surface area contributed by atoms with E-state index in [2.05, 4.69) is 20.2 Å². The molecule has 0 aromatic carbocycles. The first-order valence-corrected chi connectivity index (χ1v) is 8.24. The van der Waals surface area contributed by atoms with Gasteiger partial charge in [-0.2, -0.15) is 5.10 Å². The second-order valence-electron chi connectivity index (χ2n) is 5.69. The first kappa shape index (κ1) is 14.1. The van der Waals surface area contributed by atoms with Crippen LogP contribution in [-0.4, -0.2) is 38.0 Å². The van der Waals surface area contributed by atoms with Crippen molar-refractivity contribution >= 4 is 28.0 Å². The summed E-state index contributed by atoms with van der Waals surface area (Å²) in [5.74, 6) is 0.570.